The van der Waals surface area contributed by atoms with E-state index in [2.05, 4.69) is 4.74 Å². The highest BCUT2D eigenvalue weighted by Crippen LogP contribution is 2.27. The molecule has 2 N–H and O–H groups in total. The predicted molar refractivity (Wildman–Crippen MR) is 57.9 cm³/mol. The van der Waals surface area contributed by atoms with Crippen molar-refractivity contribution in [2.45, 2.75) is 13.3 Å². The second-order valence-electron chi connectivity index (χ2n) is 3.29. The Kier molecular flexibility index (Phi) is 3.55. The summed E-state index contributed by atoms with van der Waals surface area (Å²) < 4.78 is 9.69. The van der Waals surface area contributed by atoms with E-state index in [4.69, 9.17) is 10.5 Å². The first kappa shape index (κ1) is 11.4. The lowest BCUT2D eigenvalue weighted by atomic mass is 10.1. The molecule has 0 saturated heterocycles. The number of rotatable bonds is 3. The van der Waals surface area contributed by atoms with Crippen LogP contribution in [0.5, 0.6) is 5.75 Å². The molecule has 0 aliphatic rings. The molecule has 0 radical (unpaired) electrons. The van der Waals surface area contributed by atoms with E-state index in [0.29, 0.717) is 11.4 Å². The highest BCUT2D eigenvalue weighted by molar-refractivity contribution is 5.76. The Bertz CT molecular complexity index is 374. The van der Waals surface area contributed by atoms with Gasteiger partial charge in [-0.2, -0.15) is 0 Å². The van der Waals surface area contributed by atoms with Crippen molar-refractivity contribution in [3.63, 3.8) is 0 Å². The zero-order valence-corrected chi connectivity index (χ0v) is 9.16. The molecule has 0 saturated carbocycles. The quantitative estimate of drug-likeness (QED) is 0.602. The molecule has 0 atom stereocenters. The number of esters is 1. The molecule has 1 aromatic rings. The molecule has 0 spiro atoms. The van der Waals surface area contributed by atoms with Gasteiger partial charge in [-0.3, -0.25) is 4.79 Å². The van der Waals surface area contributed by atoms with Crippen molar-refractivity contribution in [2.75, 3.05) is 20.0 Å². The van der Waals surface area contributed by atoms with E-state index in [-0.39, 0.29) is 12.4 Å². The van der Waals surface area contributed by atoms with Gasteiger partial charge < -0.3 is 15.2 Å². The zero-order chi connectivity index (χ0) is 11.4. The van der Waals surface area contributed by atoms with Crippen LogP contribution >= 0.6 is 0 Å². The standard InChI is InChI=1S/C11H15NO3/c1-7-4-8(6-10(13)15-3)11(12)9(5-7)14-2/h4-5H,6,12H2,1-3H3. The van der Waals surface area contributed by atoms with E-state index in [1.165, 1.54) is 7.11 Å². The highest BCUT2D eigenvalue weighted by atomic mass is 16.5. The van der Waals surface area contributed by atoms with Crippen LogP contribution in [-0.2, 0) is 16.0 Å². The Balaban J connectivity index is 3.06. The number of carbonyl (C=O) groups is 1. The Morgan fingerprint density at radius 1 is 1.40 bits per heavy atom. The molecule has 1 rings (SSSR count). The summed E-state index contributed by atoms with van der Waals surface area (Å²) in [6.45, 7) is 1.92. The van der Waals surface area contributed by atoms with Crippen molar-refractivity contribution < 1.29 is 14.3 Å². The fourth-order valence-corrected chi connectivity index (χ4v) is 1.38. The van der Waals surface area contributed by atoms with Crippen LogP contribution in [0.25, 0.3) is 0 Å². The number of nitrogens with two attached hydrogens (primary N) is 1. The van der Waals surface area contributed by atoms with Crippen LogP contribution in [0.2, 0.25) is 0 Å². The van der Waals surface area contributed by atoms with Crippen LogP contribution in [-0.4, -0.2) is 20.2 Å². The molecule has 4 heteroatoms. The SMILES string of the molecule is COC(=O)Cc1cc(C)cc(OC)c1N. The molecule has 0 aliphatic heterocycles. The summed E-state index contributed by atoms with van der Waals surface area (Å²) in [6.07, 6.45) is 0.167. The van der Waals surface area contributed by atoms with E-state index in [1.54, 1.807) is 7.11 Å². The van der Waals surface area contributed by atoms with Crippen LogP contribution < -0.4 is 10.5 Å². The van der Waals surface area contributed by atoms with Gasteiger partial charge in [0.2, 0.25) is 0 Å². The average molecular weight is 209 g/mol. The molecular formula is C11H15NO3. The maximum atomic E-state index is 11.1. The van der Waals surface area contributed by atoms with Gasteiger partial charge in [-0.05, 0) is 24.1 Å². The number of methoxy groups -OCH3 is 2. The third-order valence-corrected chi connectivity index (χ3v) is 2.15. The van der Waals surface area contributed by atoms with E-state index >= 15 is 0 Å². The molecule has 4 nitrogen and oxygen atoms in total. The third kappa shape index (κ3) is 2.62. The number of hydrogen-bond donors (Lipinski definition) is 1. The molecule has 1 aromatic carbocycles. The summed E-state index contributed by atoms with van der Waals surface area (Å²) in [5, 5.41) is 0. The molecule has 0 amide bonds. The second-order valence-corrected chi connectivity index (χ2v) is 3.29. The Morgan fingerprint density at radius 3 is 2.60 bits per heavy atom. The maximum Gasteiger partial charge on any atom is 0.310 e. The number of benzene rings is 1. The van der Waals surface area contributed by atoms with Crippen LogP contribution in [0, 0.1) is 6.92 Å². The van der Waals surface area contributed by atoms with Crippen molar-refractivity contribution in [3.05, 3.63) is 23.3 Å². The Labute approximate surface area is 89.0 Å². The summed E-state index contributed by atoms with van der Waals surface area (Å²) in [5.74, 6) is 0.281. The lowest BCUT2D eigenvalue weighted by molar-refractivity contribution is -0.139. The first-order valence-electron chi connectivity index (χ1n) is 4.58. The van der Waals surface area contributed by atoms with Gasteiger partial charge in [0.25, 0.3) is 0 Å². The molecule has 0 bridgehead atoms. The summed E-state index contributed by atoms with van der Waals surface area (Å²) in [4.78, 5) is 11.1. The molecule has 15 heavy (non-hydrogen) atoms. The van der Waals surface area contributed by atoms with E-state index in [1.807, 2.05) is 19.1 Å². The smallest absolute Gasteiger partial charge is 0.310 e. The van der Waals surface area contributed by atoms with Crippen LogP contribution in [0.4, 0.5) is 5.69 Å². The largest absolute Gasteiger partial charge is 0.495 e. The van der Waals surface area contributed by atoms with E-state index in [0.717, 1.165) is 11.1 Å². The summed E-state index contributed by atoms with van der Waals surface area (Å²) >= 11 is 0. The first-order valence-corrected chi connectivity index (χ1v) is 4.58. The molecule has 0 unspecified atom stereocenters. The van der Waals surface area contributed by atoms with Gasteiger partial charge in [-0.15, -0.1) is 0 Å². The average Bonchev–Trinajstić information content (AvgIpc) is 2.22. The molecule has 0 heterocycles. The monoisotopic (exact) mass is 209 g/mol. The number of carbonyl (C=O) groups excluding carboxylic acids is 1. The molecule has 0 aliphatic carbocycles. The van der Waals surface area contributed by atoms with Gasteiger partial charge in [0.05, 0.1) is 26.3 Å². The van der Waals surface area contributed by atoms with Gasteiger partial charge in [-0.1, -0.05) is 6.07 Å². The van der Waals surface area contributed by atoms with Gasteiger partial charge in [0, 0.05) is 0 Å². The second kappa shape index (κ2) is 4.68. The van der Waals surface area contributed by atoms with Gasteiger partial charge in [0.1, 0.15) is 5.75 Å². The zero-order valence-electron chi connectivity index (χ0n) is 9.16. The fraction of sp³-hybridized carbons (Fsp3) is 0.364. The minimum Gasteiger partial charge on any atom is -0.495 e. The number of nitrogen functional groups attached to an aromatic ring is 1. The summed E-state index contributed by atoms with van der Waals surface area (Å²) in [7, 11) is 2.90. The fourth-order valence-electron chi connectivity index (χ4n) is 1.38. The van der Waals surface area contributed by atoms with Gasteiger partial charge >= 0.3 is 5.97 Å². The van der Waals surface area contributed by atoms with Crippen molar-refractivity contribution in [1.29, 1.82) is 0 Å². The molecule has 0 fully saturated rings. The van der Waals surface area contributed by atoms with Crippen LogP contribution in [0.3, 0.4) is 0 Å². The summed E-state index contributed by atoms with van der Waals surface area (Å²) in [5.41, 5.74) is 8.06. The van der Waals surface area contributed by atoms with Crippen molar-refractivity contribution in [3.8, 4) is 5.75 Å². The maximum absolute atomic E-state index is 11.1. The Morgan fingerprint density at radius 2 is 2.07 bits per heavy atom. The first-order chi connectivity index (χ1) is 7.08. The van der Waals surface area contributed by atoms with Crippen LogP contribution in [0.15, 0.2) is 12.1 Å². The number of ether oxygens (including phenoxy) is 2. The molecule has 0 aromatic heterocycles. The van der Waals surface area contributed by atoms with Gasteiger partial charge in [-0.25, -0.2) is 0 Å². The van der Waals surface area contributed by atoms with Crippen LogP contribution in [0.1, 0.15) is 11.1 Å². The lowest BCUT2D eigenvalue weighted by Gasteiger charge is -2.10. The predicted octanol–water partition coefficient (Wildman–Crippen LogP) is 1.30. The number of aryl methyl sites for hydroxylation is 1. The third-order valence-electron chi connectivity index (χ3n) is 2.15. The number of hydrogen-bond acceptors (Lipinski definition) is 4. The minimum absolute atomic E-state index is 0.167. The van der Waals surface area contributed by atoms with Crippen molar-refractivity contribution in [1.82, 2.24) is 0 Å². The normalized spacial score (nSPS) is 9.80. The molecule has 82 valence electrons. The van der Waals surface area contributed by atoms with Crippen molar-refractivity contribution in [2.24, 2.45) is 0 Å². The summed E-state index contributed by atoms with van der Waals surface area (Å²) in [6, 6.07) is 3.69. The topological polar surface area (TPSA) is 61.5 Å². The van der Waals surface area contributed by atoms with E-state index in [9.17, 15) is 4.79 Å². The molecular weight excluding hydrogens is 194 g/mol. The minimum atomic E-state index is -0.311. The lowest BCUT2D eigenvalue weighted by Crippen LogP contribution is -2.08. The van der Waals surface area contributed by atoms with E-state index < -0.39 is 0 Å². The number of anilines is 1. The van der Waals surface area contributed by atoms with Crippen molar-refractivity contribution >= 4 is 11.7 Å². The van der Waals surface area contributed by atoms with Gasteiger partial charge in [0.15, 0.2) is 0 Å². The Hall–Kier alpha value is -1.71. The highest BCUT2D eigenvalue weighted by Gasteiger charge is 2.11.